The van der Waals surface area contributed by atoms with E-state index < -0.39 is 0 Å². The Hall–Kier alpha value is -1.07. The summed E-state index contributed by atoms with van der Waals surface area (Å²) < 4.78 is 11.7. The summed E-state index contributed by atoms with van der Waals surface area (Å²) in [5, 5.41) is 0.989. The maximum Gasteiger partial charge on any atom is 0.231 e. The lowest BCUT2D eigenvalue weighted by Gasteiger charge is -1.98. The van der Waals surface area contributed by atoms with Crippen LogP contribution in [0.3, 0.4) is 0 Å². The maximum atomic E-state index is 5.34. The second-order valence-corrected chi connectivity index (χ2v) is 5.76. The van der Waals surface area contributed by atoms with Crippen LogP contribution in [0.2, 0.25) is 0 Å². The van der Waals surface area contributed by atoms with Crippen molar-refractivity contribution in [1.29, 1.82) is 0 Å². The smallest absolute Gasteiger partial charge is 0.231 e. The first-order valence-electron chi connectivity index (χ1n) is 4.77. The number of hydrogen-bond acceptors (Lipinski definition) is 4. The van der Waals surface area contributed by atoms with E-state index in [4.69, 9.17) is 9.47 Å². The highest BCUT2D eigenvalue weighted by Gasteiger charge is 2.15. The summed E-state index contributed by atoms with van der Waals surface area (Å²) in [7, 11) is 0. The normalized spacial score (nSPS) is 13.1. The van der Waals surface area contributed by atoms with Crippen LogP contribution in [0.4, 0.5) is 0 Å². The molecule has 1 aromatic heterocycles. The first kappa shape index (κ1) is 10.1. The number of hydrogen-bond donors (Lipinski definition) is 0. The molecule has 3 nitrogen and oxygen atoms in total. The van der Waals surface area contributed by atoms with Crippen molar-refractivity contribution in [3.05, 3.63) is 27.7 Å². The fraction of sp³-hybridized carbons (Fsp3) is 0.182. The summed E-state index contributed by atoms with van der Waals surface area (Å²) in [6, 6.07) is 5.88. The molecule has 0 aliphatic carbocycles. The van der Waals surface area contributed by atoms with Crippen molar-refractivity contribution in [2.75, 3.05) is 6.79 Å². The van der Waals surface area contributed by atoms with Crippen molar-refractivity contribution in [2.24, 2.45) is 0 Å². The Labute approximate surface area is 105 Å². The summed E-state index contributed by atoms with van der Waals surface area (Å²) >= 11 is 5.10. The van der Waals surface area contributed by atoms with Gasteiger partial charge < -0.3 is 9.47 Å². The number of halogens is 1. The van der Waals surface area contributed by atoms with E-state index in [0.29, 0.717) is 6.79 Å². The van der Waals surface area contributed by atoms with E-state index in [1.807, 2.05) is 25.1 Å². The van der Waals surface area contributed by atoms with Gasteiger partial charge in [-0.15, -0.1) is 11.3 Å². The van der Waals surface area contributed by atoms with Gasteiger partial charge in [0, 0.05) is 5.56 Å². The van der Waals surface area contributed by atoms with Gasteiger partial charge in [-0.3, -0.25) is 0 Å². The molecule has 0 unspecified atom stereocenters. The summed E-state index contributed by atoms with van der Waals surface area (Å²) in [6.07, 6.45) is 0. The Bertz CT molecular complexity index is 533. The molecule has 1 aliphatic rings. The molecule has 0 saturated heterocycles. The lowest BCUT2D eigenvalue weighted by atomic mass is 10.2. The van der Waals surface area contributed by atoms with Gasteiger partial charge in [-0.2, -0.15) is 0 Å². The van der Waals surface area contributed by atoms with Crippen LogP contribution in [0.15, 0.2) is 22.0 Å². The Balaban J connectivity index is 2.07. The van der Waals surface area contributed by atoms with E-state index in [1.165, 1.54) is 0 Å². The first-order valence-corrected chi connectivity index (χ1v) is 6.38. The van der Waals surface area contributed by atoms with E-state index in [2.05, 4.69) is 20.9 Å². The molecule has 1 aliphatic heterocycles. The minimum Gasteiger partial charge on any atom is -0.454 e. The van der Waals surface area contributed by atoms with Gasteiger partial charge >= 0.3 is 0 Å². The average Bonchev–Trinajstić information content (AvgIpc) is 2.85. The monoisotopic (exact) mass is 297 g/mol. The summed E-state index contributed by atoms with van der Waals surface area (Å²) in [5.74, 6) is 1.59. The van der Waals surface area contributed by atoms with Crippen LogP contribution in [0.25, 0.3) is 10.6 Å². The number of thiazole rings is 1. The third-order valence-corrected chi connectivity index (χ3v) is 4.41. The summed E-state index contributed by atoms with van der Waals surface area (Å²) in [6.45, 7) is 2.29. The predicted octanol–water partition coefficient (Wildman–Crippen LogP) is 3.61. The van der Waals surface area contributed by atoms with Crippen molar-refractivity contribution >= 4 is 27.3 Å². The molecule has 0 N–H and O–H groups in total. The van der Waals surface area contributed by atoms with Gasteiger partial charge in [0.05, 0.1) is 9.48 Å². The molecule has 0 spiro atoms. The highest BCUT2D eigenvalue weighted by molar-refractivity contribution is 9.11. The van der Waals surface area contributed by atoms with Crippen molar-refractivity contribution < 1.29 is 9.47 Å². The fourth-order valence-electron chi connectivity index (χ4n) is 1.53. The molecule has 2 heterocycles. The maximum absolute atomic E-state index is 5.34. The van der Waals surface area contributed by atoms with Crippen molar-refractivity contribution in [2.45, 2.75) is 6.92 Å². The van der Waals surface area contributed by atoms with E-state index in [9.17, 15) is 0 Å². The molecule has 1 aromatic carbocycles. The molecule has 0 amide bonds. The quantitative estimate of drug-likeness (QED) is 0.806. The van der Waals surface area contributed by atoms with Crippen LogP contribution in [0.5, 0.6) is 11.5 Å². The van der Waals surface area contributed by atoms with Gasteiger partial charge in [0.25, 0.3) is 0 Å². The number of benzene rings is 1. The standard InChI is InChI=1S/C11H8BrNO2S/c1-6-10(12)16-11(13-6)7-2-3-8-9(4-7)15-5-14-8/h2-4H,5H2,1H3. The molecule has 0 atom stereocenters. The average molecular weight is 298 g/mol. The third kappa shape index (κ3) is 1.60. The SMILES string of the molecule is Cc1nc(-c2ccc3c(c2)OCO3)sc1Br. The minimum atomic E-state index is 0.305. The fourth-order valence-corrected chi connectivity index (χ4v) is 2.87. The van der Waals surface area contributed by atoms with Crippen LogP contribution < -0.4 is 9.47 Å². The highest BCUT2D eigenvalue weighted by atomic mass is 79.9. The number of aryl methyl sites for hydroxylation is 1. The Kier molecular flexibility index (Phi) is 2.37. The van der Waals surface area contributed by atoms with Crippen LogP contribution >= 0.6 is 27.3 Å². The van der Waals surface area contributed by atoms with Crippen LogP contribution in [0, 0.1) is 6.92 Å². The molecule has 2 aromatic rings. The third-order valence-electron chi connectivity index (χ3n) is 2.36. The van der Waals surface area contributed by atoms with Gasteiger partial charge in [-0.05, 0) is 41.1 Å². The number of fused-ring (bicyclic) bond motifs is 1. The number of nitrogens with zero attached hydrogens (tertiary/aromatic N) is 1. The highest BCUT2D eigenvalue weighted by Crippen LogP contribution is 2.38. The molecular formula is C11H8BrNO2S. The van der Waals surface area contributed by atoms with Crippen LogP contribution in [-0.4, -0.2) is 11.8 Å². The Morgan fingerprint density at radius 2 is 2.12 bits per heavy atom. The first-order chi connectivity index (χ1) is 7.74. The molecule has 0 bridgehead atoms. The van der Waals surface area contributed by atoms with Gasteiger partial charge in [0.2, 0.25) is 6.79 Å². The molecule has 5 heteroatoms. The van der Waals surface area contributed by atoms with Crippen molar-refractivity contribution in [1.82, 2.24) is 4.98 Å². The van der Waals surface area contributed by atoms with Gasteiger partial charge in [0.15, 0.2) is 11.5 Å². The molecule has 16 heavy (non-hydrogen) atoms. The molecular weight excluding hydrogens is 290 g/mol. The zero-order chi connectivity index (χ0) is 11.1. The lowest BCUT2D eigenvalue weighted by molar-refractivity contribution is 0.174. The van der Waals surface area contributed by atoms with Gasteiger partial charge in [-0.25, -0.2) is 4.98 Å². The molecule has 0 fully saturated rings. The van der Waals surface area contributed by atoms with E-state index in [1.54, 1.807) is 11.3 Å². The lowest BCUT2D eigenvalue weighted by Crippen LogP contribution is -1.92. The zero-order valence-electron chi connectivity index (χ0n) is 8.49. The molecule has 82 valence electrons. The number of rotatable bonds is 1. The predicted molar refractivity (Wildman–Crippen MR) is 66.1 cm³/mol. The van der Waals surface area contributed by atoms with Gasteiger partial charge in [-0.1, -0.05) is 0 Å². The summed E-state index contributed by atoms with van der Waals surface area (Å²) in [4.78, 5) is 4.48. The minimum absolute atomic E-state index is 0.305. The van der Waals surface area contributed by atoms with Crippen LogP contribution in [-0.2, 0) is 0 Å². The molecule has 3 rings (SSSR count). The van der Waals surface area contributed by atoms with Crippen molar-refractivity contribution in [3.8, 4) is 22.1 Å². The van der Waals surface area contributed by atoms with E-state index >= 15 is 0 Å². The molecule has 0 radical (unpaired) electrons. The Morgan fingerprint density at radius 1 is 1.31 bits per heavy atom. The topological polar surface area (TPSA) is 31.4 Å². The second kappa shape index (κ2) is 3.75. The number of aromatic nitrogens is 1. The zero-order valence-corrected chi connectivity index (χ0v) is 10.9. The van der Waals surface area contributed by atoms with Crippen LogP contribution in [0.1, 0.15) is 5.69 Å². The Morgan fingerprint density at radius 3 is 2.88 bits per heavy atom. The van der Waals surface area contributed by atoms with Crippen molar-refractivity contribution in [3.63, 3.8) is 0 Å². The van der Waals surface area contributed by atoms with E-state index in [-0.39, 0.29) is 0 Å². The number of ether oxygens (including phenoxy) is 2. The van der Waals surface area contributed by atoms with E-state index in [0.717, 1.165) is 31.6 Å². The second-order valence-electron chi connectivity index (χ2n) is 3.45. The largest absolute Gasteiger partial charge is 0.454 e. The molecule has 0 saturated carbocycles. The van der Waals surface area contributed by atoms with Gasteiger partial charge in [0.1, 0.15) is 5.01 Å². The summed E-state index contributed by atoms with van der Waals surface area (Å²) in [5.41, 5.74) is 2.07.